The van der Waals surface area contributed by atoms with Gasteiger partial charge in [0.25, 0.3) is 0 Å². The van der Waals surface area contributed by atoms with Crippen LogP contribution in [0.4, 0.5) is 5.69 Å². The fraction of sp³-hybridized carbons (Fsp3) is 0.471. The summed E-state index contributed by atoms with van der Waals surface area (Å²) in [6, 6.07) is 9.01. The van der Waals surface area contributed by atoms with E-state index in [1.54, 1.807) is 17.0 Å². The zero-order valence-corrected chi connectivity index (χ0v) is 17.1. The second-order valence-corrected chi connectivity index (χ2v) is 8.96. The van der Waals surface area contributed by atoms with Crippen molar-refractivity contribution >= 4 is 44.5 Å². The number of rotatable bonds is 7. The predicted octanol–water partition coefficient (Wildman–Crippen LogP) is 1.61. The minimum atomic E-state index is -3.22. The Hall–Kier alpha value is -1.91. The number of hydrazone groups is 1. The SMILES string of the molecule is CC(=O)N(/N=C(\SCCCNS(C)(=O)=O)N1CCCC1=O)c1ccccc1. The van der Waals surface area contributed by atoms with Crippen molar-refractivity contribution in [2.45, 2.75) is 26.2 Å². The van der Waals surface area contributed by atoms with E-state index in [2.05, 4.69) is 9.82 Å². The topological polar surface area (TPSA) is 99.2 Å². The Balaban J connectivity index is 2.14. The van der Waals surface area contributed by atoms with Gasteiger partial charge in [0.05, 0.1) is 11.9 Å². The average molecular weight is 413 g/mol. The molecule has 1 heterocycles. The highest BCUT2D eigenvalue weighted by molar-refractivity contribution is 8.13. The van der Waals surface area contributed by atoms with Crippen LogP contribution in [-0.4, -0.2) is 55.4 Å². The van der Waals surface area contributed by atoms with Gasteiger partial charge >= 0.3 is 0 Å². The number of nitrogens with zero attached hydrogens (tertiary/aromatic N) is 3. The third-order valence-electron chi connectivity index (χ3n) is 3.71. The van der Waals surface area contributed by atoms with E-state index in [-0.39, 0.29) is 11.8 Å². The van der Waals surface area contributed by atoms with Crippen LogP contribution in [0.1, 0.15) is 26.2 Å². The number of amidine groups is 1. The van der Waals surface area contributed by atoms with Crippen LogP contribution in [0.3, 0.4) is 0 Å². The number of anilines is 1. The van der Waals surface area contributed by atoms with Gasteiger partial charge in [-0.05, 0) is 25.0 Å². The molecule has 0 aliphatic carbocycles. The number of benzene rings is 1. The van der Waals surface area contributed by atoms with E-state index in [0.717, 1.165) is 12.7 Å². The molecule has 0 radical (unpaired) electrons. The van der Waals surface area contributed by atoms with Crippen LogP contribution >= 0.6 is 11.8 Å². The highest BCUT2D eigenvalue weighted by Gasteiger charge is 2.26. The molecule has 1 aliphatic rings. The normalized spacial score (nSPS) is 15.3. The lowest BCUT2D eigenvalue weighted by Gasteiger charge is -2.22. The third kappa shape index (κ3) is 6.96. The summed E-state index contributed by atoms with van der Waals surface area (Å²) in [7, 11) is -3.22. The molecular weight excluding hydrogens is 388 g/mol. The molecule has 1 N–H and O–H groups in total. The molecule has 1 aromatic carbocycles. The summed E-state index contributed by atoms with van der Waals surface area (Å²) >= 11 is 1.34. The van der Waals surface area contributed by atoms with Crippen molar-refractivity contribution in [1.82, 2.24) is 9.62 Å². The minimum absolute atomic E-state index is 0.0212. The van der Waals surface area contributed by atoms with Crippen LogP contribution in [0.5, 0.6) is 0 Å². The van der Waals surface area contributed by atoms with Crippen molar-refractivity contribution in [2.75, 3.05) is 30.1 Å². The van der Waals surface area contributed by atoms with E-state index < -0.39 is 10.0 Å². The zero-order valence-electron chi connectivity index (χ0n) is 15.4. The van der Waals surface area contributed by atoms with Gasteiger partial charge < -0.3 is 0 Å². The molecule has 2 rings (SSSR count). The lowest BCUT2D eigenvalue weighted by atomic mass is 10.3. The number of hydrogen-bond acceptors (Lipinski definition) is 6. The number of amides is 2. The van der Waals surface area contributed by atoms with Gasteiger partial charge in [-0.15, -0.1) is 5.10 Å². The highest BCUT2D eigenvalue weighted by atomic mass is 32.2. The molecule has 1 aliphatic heterocycles. The number of carbonyl (C=O) groups excluding carboxylic acids is 2. The molecule has 0 unspecified atom stereocenters. The van der Waals surface area contributed by atoms with Crippen LogP contribution < -0.4 is 9.73 Å². The van der Waals surface area contributed by atoms with Gasteiger partial charge in [-0.25, -0.2) is 13.1 Å². The van der Waals surface area contributed by atoms with Crippen LogP contribution in [0.25, 0.3) is 0 Å². The number of thioether (sulfide) groups is 1. The first-order valence-electron chi connectivity index (χ1n) is 8.60. The van der Waals surface area contributed by atoms with E-state index in [1.807, 2.05) is 18.2 Å². The standard InChI is InChI=1S/C17H24N4O4S2/c1-14(22)21(15-8-4-3-5-9-15)19-17(20-12-6-10-16(20)23)26-13-7-11-18-27(2,24)25/h3-5,8-9,18H,6-7,10-13H2,1-2H3/b19-17-. The maximum atomic E-state index is 12.2. The summed E-state index contributed by atoms with van der Waals surface area (Å²) in [6.07, 6.45) is 2.89. The van der Waals surface area contributed by atoms with Gasteiger partial charge in [0, 0.05) is 32.2 Å². The maximum Gasteiger partial charge on any atom is 0.244 e. The van der Waals surface area contributed by atoms with Gasteiger partial charge in [0.15, 0.2) is 5.17 Å². The van der Waals surface area contributed by atoms with Gasteiger partial charge in [-0.3, -0.25) is 14.5 Å². The van der Waals surface area contributed by atoms with Crippen molar-refractivity contribution in [3.63, 3.8) is 0 Å². The Morgan fingerprint density at radius 1 is 1.33 bits per heavy atom. The Morgan fingerprint density at radius 2 is 2.04 bits per heavy atom. The molecule has 27 heavy (non-hydrogen) atoms. The van der Waals surface area contributed by atoms with E-state index in [0.29, 0.717) is 42.5 Å². The number of hydrogen-bond donors (Lipinski definition) is 1. The monoisotopic (exact) mass is 412 g/mol. The molecule has 1 saturated heterocycles. The Bertz CT molecular complexity index is 796. The van der Waals surface area contributed by atoms with Crippen LogP contribution in [0.15, 0.2) is 35.4 Å². The largest absolute Gasteiger partial charge is 0.290 e. The van der Waals surface area contributed by atoms with Gasteiger partial charge in [0.2, 0.25) is 21.8 Å². The smallest absolute Gasteiger partial charge is 0.244 e. The van der Waals surface area contributed by atoms with Crippen molar-refractivity contribution in [3.8, 4) is 0 Å². The Labute approximate surface area is 164 Å². The molecule has 148 valence electrons. The number of sulfonamides is 1. The summed E-state index contributed by atoms with van der Waals surface area (Å²) in [5, 5.41) is 6.19. The molecule has 10 heteroatoms. The molecule has 1 fully saturated rings. The van der Waals surface area contributed by atoms with E-state index >= 15 is 0 Å². The van der Waals surface area contributed by atoms with Crippen LogP contribution in [-0.2, 0) is 19.6 Å². The van der Waals surface area contributed by atoms with Crippen LogP contribution in [0, 0.1) is 0 Å². The number of carbonyl (C=O) groups is 2. The van der Waals surface area contributed by atoms with Crippen molar-refractivity contribution in [2.24, 2.45) is 5.10 Å². The average Bonchev–Trinajstić information content (AvgIpc) is 3.02. The van der Waals surface area contributed by atoms with E-state index in [1.165, 1.54) is 23.7 Å². The lowest BCUT2D eigenvalue weighted by molar-refractivity contribution is -0.124. The molecule has 0 spiro atoms. The molecule has 8 nitrogen and oxygen atoms in total. The number of para-hydroxylation sites is 1. The lowest BCUT2D eigenvalue weighted by Crippen LogP contribution is -2.34. The fourth-order valence-corrected chi connectivity index (χ4v) is 3.94. The summed E-state index contributed by atoms with van der Waals surface area (Å²) in [4.78, 5) is 25.8. The molecule has 0 atom stereocenters. The third-order valence-corrected chi connectivity index (χ3v) is 5.49. The van der Waals surface area contributed by atoms with Gasteiger partial charge in [-0.1, -0.05) is 30.0 Å². The maximum absolute atomic E-state index is 12.2. The van der Waals surface area contributed by atoms with E-state index in [4.69, 9.17) is 0 Å². The summed E-state index contributed by atoms with van der Waals surface area (Å²) < 4.78 is 24.7. The fourth-order valence-electron chi connectivity index (χ4n) is 2.47. The summed E-state index contributed by atoms with van der Waals surface area (Å²) in [6.45, 7) is 2.29. The first-order chi connectivity index (χ1) is 12.8. The number of nitrogens with one attached hydrogen (secondary N) is 1. The second-order valence-electron chi connectivity index (χ2n) is 6.07. The zero-order chi connectivity index (χ0) is 19.9. The molecule has 2 amide bonds. The quantitative estimate of drug-likeness (QED) is 0.317. The molecule has 0 bridgehead atoms. The van der Waals surface area contributed by atoms with Crippen molar-refractivity contribution in [3.05, 3.63) is 30.3 Å². The van der Waals surface area contributed by atoms with Gasteiger partial charge in [0.1, 0.15) is 0 Å². The summed E-state index contributed by atoms with van der Waals surface area (Å²) in [5.41, 5.74) is 0.619. The molecule has 0 aromatic heterocycles. The first-order valence-corrected chi connectivity index (χ1v) is 11.5. The highest BCUT2D eigenvalue weighted by Crippen LogP contribution is 2.21. The molecular formula is C17H24N4O4S2. The van der Waals surface area contributed by atoms with Crippen molar-refractivity contribution in [1.29, 1.82) is 0 Å². The van der Waals surface area contributed by atoms with Crippen LogP contribution in [0.2, 0.25) is 0 Å². The Kier molecular flexibility index (Phi) is 7.81. The second kappa shape index (κ2) is 9.86. The first kappa shape index (κ1) is 21.4. The predicted molar refractivity (Wildman–Crippen MR) is 108 cm³/mol. The number of likely N-dealkylation sites (tertiary alicyclic amines) is 1. The molecule has 1 aromatic rings. The van der Waals surface area contributed by atoms with Crippen molar-refractivity contribution < 1.29 is 18.0 Å². The van der Waals surface area contributed by atoms with Gasteiger partial charge in [-0.2, -0.15) is 5.01 Å². The Morgan fingerprint density at radius 3 is 2.59 bits per heavy atom. The summed E-state index contributed by atoms with van der Waals surface area (Å²) in [5.74, 6) is 0.280. The minimum Gasteiger partial charge on any atom is -0.290 e. The van der Waals surface area contributed by atoms with E-state index in [9.17, 15) is 18.0 Å². The molecule has 0 saturated carbocycles.